The third-order valence-electron chi connectivity index (χ3n) is 4.21. The van der Waals surface area contributed by atoms with Crippen LogP contribution in [0.3, 0.4) is 0 Å². The number of rotatable bonds is 6. The third-order valence-corrected chi connectivity index (χ3v) is 5.11. The molecule has 2 N–H and O–H groups in total. The van der Waals surface area contributed by atoms with Crippen molar-refractivity contribution in [1.82, 2.24) is 5.32 Å². The zero-order valence-electron chi connectivity index (χ0n) is 11.1. The average Bonchev–Trinajstić information content (AvgIpc) is 3.31. The molecule has 0 aliphatic heterocycles. The standard InChI is InChI=1S/C15H17NO3S/c17-13(18)4-3-12-7-10(8-20-12)14(19)16-9-15(5-6-15)11-1-2-11/h3-4,7-8,11H,1-2,5-6,9H2,(H,16,19)(H,17,18)/b4-3+. The van der Waals surface area contributed by atoms with E-state index >= 15 is 0 Å². The molecule has 1 heterocycles. The Kier molecular flexibility index (Phi) is 3.38. The molecule has 2 aliphatic carbocycles. The highest BCUT2D eigenvalue weighted by Crippen LogP contribution is 2.60. The predicted molar refractivity (Wildman–Crippen MR) is 77.7 cm³/mol. The van der Waals surface area contributed by atoms with Gasteiger partial charge in [-0.15, -0.1) is 11.3 Å². The van der Waals surface area contributed by atoms with Crippen LogP contribution in [0.15, 0.2) is 17.5 Å². The van der Waals surface area contributed by atoms with E-state index in [-0.39, 0.29) is 5.91 Å². The Hall–Kier alpha value is -1.62. The van der Waals surface area contributed by atoms with Crippen LogP contribution in [0.4, 0.5) is 0 Å². The lowest BCUT2D eigenvalue weighted by molar-refractivity contribution is -0.131. The van der Waals surface area contributed by atoms with Gasteiger partial charge in [-0.25, -0.2) is 4.79 Å². The fourth-order valence-electron chi connectivity index (χ4n) is 2.66. The molecular weight excluding hydrogens is 274 g/mol. The van der Waals surface area contributed by atoms with E-state index in [2.05, 4.69) is 5.32 Å². The second-order valence-corrected chi connectivity index (χ2v) is 6.67. The van der Waals surface area contributed by atoms with Gasteiger partial charge < -0.3 is 10.4 Å². The number of nitrogens with one attached hydrogen (secondary N) is 1. The van der Waals surface area contributed by atoms with E-state index in [9.17, 15) is 9.59 Å². The van der Waals surface area contributed by atoms with Crippen molar-refractivity contribution in [3.05, 3.63) is 28.0 Å². The van der Waals surface area contributed by atoms with Crippen molar-refractivity contribution in [2.75, 3.05) is 6.54 Å². The average molecular weight is 291 g/mol. The summed E-state index contributed by atoms with van der Waals surface area (Å²) in [6.45, 7) is 0.784. The molecule has 1 aromatic rings. The maximum atomic E-state index is 12.1. The van der Waals surface area contributed by atoms with Crippen molar-refractivity contribution in [3.8, 4) is 0 Å². The van der Waals surface area contributed by atoms with E-state index < -0.39 is 5.97 Å². The quantitative estimate of drug-likeness (QED) is 0.792. The first-order valence-corrected chi connectivity index (χ1v) is 7.75. The monoisotopic (exact) mass is 291 g/mol. The molecule has 4 nitrogen and oxygen atoms in total. The SMILES string of the molecule is O=C(O)/C=C/c1cc(C(=O)NCC2(C3CC3)CC2)cs1. The molecule has 3 rings (SSSR count). The largest absolute Gasteiger partial charge is 0.478 e. The van der Waals surface area contributed by atoms with Crippen molar-refractivity contribution < 1.29 is 14.7 Å². The van der Waals surface area contributed by atoms with Crippen LogP contribution in [0.1, 0.15) is 40.9 Å². The fourth-order valence-corrected chi connectivity index (χ4v) is 3.44. The van der Waals surface area contributed by atoms with E-state index in [1.807, 2.05) is 0 Å². The fraction of sp³-hybridized carbons (Fsp3) is 0.467. The molecule has 1 amide bonds. The van der Waals surface area contributed by atoms with E-state index in [0.29, 0.717) is 11.0 Å². The number of amides is 1. The molecule has 0 saturated heterocycles. The van der Waals surface area contributed by atoms with E-state index in [1.54, 1.807) is 11.4 Å². The number of carboxylic acids is 1. The minimum atomic E-state index is -0.982. The van der Waals surface area contributed by atoms with Gasteiger partial charge in [0.2, 0.25) is 0 Å². The number of hydrogen-bond acceptors (Lipinski definition) is 3. The summed E-state index contributed by atoms with van der Waals surface area (Å²) in [6, 6.07) is 1.73. The van der Waals surface area contributed by atoms with Crippen LogP contribution in [0.2, 0.25) is 0 Å². The maximum absolute atomic E-state index is 12.1. The molecule has 2 aliphatic rings. The summed E-state index contributed by atoms with van der Waals surface area (Å²) in [4.78, 5) is 23.3. The Morgan fingerprint density at radius 1 is 1.45 bits per heavy atom. The van der Waals surface area contributed by atoms with Crippen molar-refractivity contribution in [1.29, 1.82) is 0 Å². The second kappa shape index (κ2) is 5.05. The highest BCUT2D eigenvalue weighted by atomic mass is 32.1. The minimum absolute atomic E-state index is 0.0526. The van der Waals surface area contributed by atoms with Gasteiger partial charge in [0.05, 0.1) is 5.56 Å². The Bertz CT molecular complexity index is 567. The van der Waals surface area contributed by atoms with E-state index in [4.69, 9.17) is 5.11 Å². The van der Waals surface area contributed by atoms with Gasteiger partial charge in [0, 0.05) is 22.9 Å². The maximum Gasteiger partial charge on any atom is 0.328 e. The van der Waals surface area contributed by atoms with Crippen LogP contribution in [-0.4, -0.2) is 23.5 Å². The topological polar surface area (TPSA) is 66.4 Å². The van der Waals surface area contributed by atoms with Crippen molar-refractivity contribution in [2.45, 2.75) is 25.7 Å². The molecular formula is C15H17NO3S. The normalized spacial score (nSPS) is 20.0. The zero-order valence-corrected chi connectivity index (χ0v) is 11.9. The molecule has 0 aromatic carbocycles. The molecule has 5 heteroatoms. The van der Waals surface area contributed by atoms with Crippen LogP contribution in [0.25, 0.3) is 6.08 Å². The summed E-state index contributed by atoms with van der Waals surface area (Å²) in [5.74, 6) is -0.202. The smallest absolute Gasteiger partial charge is 0.328 e. The third kappa shape index (κ3) is 2.93. The van der Waals surface area contributed by atoms with Gasteiger partial charge >= 0.3 is 5.97 Å². The van der Waals surface area contributed by atoms with Crippen LogP contribution in [0, 0.1) is 11.3 Å². The number of aliphatic carboxylic acids is 1. The first kappa shape index (κ1) is 13.4. The van der Waals surface area contributed by atoms with Crippen molar-refractivity contribution in [2.24, 2.45) is 11.3 Å². The second-order valence-electron chi connectivity index (χ2n) is 5.73. The van der Waals surface area contributed by atoms with Crippen LogP contribution in [0.5, 0.6) is 0 Å². The van der Waals surface area contributed by atoms with Gasteiger partial charge in [-0.3, -0.25) is 4.79 Å². The van der Waals surface area contributed by atoms with Crippen molar-refractivity contribution in [3.63, 3.8) is 0 Å². The van der Waals surface area contributed by atoms with Gasteiger partial charge in [0.25, 0.3) is 5.91 Å². The van der Waals surface area contributed by atoms with Gasteiger partial charge in [-0.05, 0) is 49.2 Å². The highest BCUT2D eigenvalue weighted by Gasteiger charge is 2.53. The summed E-state index contributed by atoms with van der Waals surface area (Å²) in [7, 11) is 0. The summed E-state index contributed by atoms with van der Waals surface area (Å²) in [5.41, 5.74) is 1.02. The molecule has 0 unspecified atom stereocenters. The van der Waals surface area contributed by atoms with E-state index in [1.165, 1.54) is 43.1 Å². The molecule has 106 valence electrons. The zero-order chi connectivity index (χ0) is 14.2. The molecule has 20 heavy (non-hydrogen) atoms. The van der Waals surface area contributed by atoms with Crippen LogP contribution >= 0.6 is 11.3 Å². The van der Waals surface area contributed by atoms with Crippen LogP contribution in [-0.2, 0) is 4.79 Å². The molecule has 2 saturated carbocycles. The summed E-state index contributed by atoms with van der Waals surface area (Å²) in [5, 5.41) is 13.4. The Morgan fingerprint density at radius 3 is 2.80 bits per heavy atom. The first-order valence-electron chi connectivity index (χ1n) is 6.87. The molecule has 2 fully saturated rings. The minimum Gasteiger partial charge on any atom is -0.478 e. The molecule has 0 spiro atoms. The van der Waals surface area contributed by atoms with Gasteiger partial charge in [0.1, 0.15) is 0 Å². The number of carboxylic acid groups (broad SMARTS) is 1. The highest BCUT2D eigenvalue weighted by molar-refractivity contribution is 7.11. The molecule has 1 aromatic heterocycles. The number of hydrogen-bond donors (Lipinski definition) is 2. The van der Waals surface area contributed by atoms with Gasteiger partial charge in [-0.2, -0.15) is 0 Å². The molecule has 0 atom stereocenters. The predicted octanol–water partition coefficient (Wildman–Crippen LogP) is 2.77. The Balaban J connectivity index is 1.56. The lowest BCUT2D eigenvalue weighted by Crippen LogP contribution is -2.30. The number of carbonyl (C=O) groups excluding carboxylic acids is 1. The molecule has 0 bridgehead atoms. The Labute approximate surface area is 121 Å². The number of thiophene rings is 1. The lowest BCUT2D eigenvalue weighted by Gasteiger charge is -2.14. The summed E-state index contributed by atoms with van der Waals surface area (Å²) < 4.78 is 0. The Morgan fingerprint density at radius 2 is 2.20 bits per heavy atom. The van der Waals surface area contributed by atoms with Crippen molar-refractivity contribution >= 4 is 29.3 Å². The van der Waals surface area contributed by atoms with Crippen LogP contribution < -0.4 is 5.32 Å². The molecule has 0 radical (unpaired) electrons. The first-order chi connectivity index (χ1) is 9.59. The van der Waals surface area contributed by atoms with E-state index in [0.717, 1.165) is 23.4 Å². The summed E-state index contributed by atoms with van der Waals surface area (Å²) in [6.07, 6.45) is 7.72. The number of carbonyl (C=O) groups is 2. The summed E-state index contributed by atoms with van der Waals surface area (Å²) >= 11 is 1.38. The lowest BCUT2D eigenvalue weighted by atomic mass is 10.0. The van der Waals surface area contributed by atoms with Gasteiger partial charge in [0.15, 0.2) is 0 Å². The van der Waals surface area contributed by atoms with Gasteiger partial charge in [-0.1, -0.05) is 0 Å².